The van der Waals surface area contributed by atoms with E-state index in [9.17, 15) is 4.79 Å². The van der Waals surface area contributed by atoms with Crippen molar-refractivity contribution >= 4 is 16.6 Å². The maximum atomic E-state index is 13.7. The van der Waals surface area contributed by atoms with Crippen LogP contribution in [-0.4, -0.2) is 36.9 Å². The van der Waals surface area contributed by atoms with E-state index in [0.29, 0.717) is 22.8 Å². The number of hydrogen-bond acceptors (Lipinski definition) is 5. The normalized spacial score (nSPS) is 14.4. The summed E-state index contributed by atoms with van der Waals surface area (Å²) in [6.45, 7) is 6.15. The molecule has 158 valence electrons. The molecule has 0 spiro atoms. The van der Waals surface area contributed by atoms with Crippen molar-refractivity contribution in [2.24, 2.45) is 0 Å². The van der Waals surface area contributed by atoms with Gasteiger partial charge in [0.2, 0.25) is 0 Å². The smallest absolute Gasteiger partial charge is 0.266 e. The lowest BCUT2D eigenvalue weighted by Crippen LogP contribution is -2.32. The van der Waals surface area contributed by atoms with Crippen LogP contribution in [-0.2, 0) is 0 Å². The molecule has 3 aromatic rings. The molecule has 2 aromatic heterocycles. The Balaban J connectivity index is 1.93. The number of aromatic nitrogens is 2. The van der Waals surface area contributed by atoms with Gasteiger partial charge >= 0.3 is 0 Å². The van der Waals surface area contributed by atoms with Crippen molar-refractivity contribution in [2.45, 2.75) is 39.0 Å². The van der Waals surface area contributed by atoms with Crippen LogP contribution >= 0.6 is 0 Å². The van der Waals surface area contributed by atoms with Crippen LogP contribution in [0, 0.1) is 0 Å². The van der Waals surface area contributed by atoms with Gasteiger partial charge in [-0.05, 0) is 54.8 Å². The number of piperidine rings is 1. The summed E-state index contributed by atoms with van der Waals surface area (Å²) in [5.74, 6) is 2.33. The van der Waals surface area contributed by atoms with Crippen molar-refractivity contribution in [1.29, 1.82) is 0 Å². The fourth-order valence-corrected chi connectivity index (χ4v) is 4.07. The van der Waals surface area contributed by atoms with Gasteiger partial charge in [-0.25, -0.2) is 4.98 Å². The lowest BCUT2D eigenvalue weighted by atomic mass is 10.0. The van der Waals surface area contributed by atoms with Gasteiger partial charge in [0, 0.05) is 31.0 Å². The highest BCUT2D eigenvalue weighted by Crippen LogP contribution is 2.31. The van der Waals surface area contributed by atoms with Gasteiger partial charge in [0.1, 0.15) is 5.82 Å². The summed E-state index contributed by atoms with van der Waals surface area (Å²) >= 11 is 0. The first-order chi connectivity index (χ1) is 14.5. The molecular weight excluding hydrogens is 378 g/mol. The minimum absolute atomic E-state index is 0.0666. The molecule has 0 saturated carbocycles. The van der Waals surface area contributed by atoms with Crippen molar-refractivity contribution in [1.82, 2.24) is 9.55 Å². The second kappa shape index (κ2) is 8.38. The highest BCUT2D eigenvalue weighted by Gasteiger charge is 2.20. The summed E-state index contributed by atoms with van der Waals surface area (Å²) < 4.78 is 12.4. The predicted octanol–water partition coefficient (Wildman–Crippen LogP) is 4.52. The molecule has 0 atom stereocenters. The minimum Gasteiger partial charge on any atom is -0.493 e. The number of benzene rings is 1. The first-order valence-corrected chi connectivity index (χ1v) is 10.6. The van der Waals surface area contributed by atoms with E-state index in [4.69, 9.17) is 14.5 Å². The van der Waals surface area contributed by atoms with Crippen LogP contribution in [0.2, 0.25) is 0 Å². The van der Waals surface area contributed by atoms with Crippen molar-refractivity contribution in [3.05, 3.63) is 52.6 Å². The summed E-state index contributed by atoms with van der Waals surface area (Å²) in [7, 11) is 3.19. The summed E-state index contributed by atoms with van der Waals surface area (Å²) in [6.07, 6.45) is 5.32. The Bertz CT molecular complexity index is 1110. The second-order valence-electron chi connectivity index (χ2n) is 8.07. The Morgan fingerprint density at radius 2 is 1.70 bits per heavy atom. The first kappa shape index (κ1) is 20.3. The number of nitrogens with zero attached hydrogens (tertiary/aromatic N) is 3. The Morgan fingerprint density at radius 3 is 2.37 bits per heavy atom. The Morgan fingerprint density at radius 1 is 0.967 bits per heavy atom. The third kappa shape index (κ3) is 3.62. The van der Waals surface area contributed by atoms with Crippen molar-refractivity contribution in [2.75, 3.05) is 32.2 Å². The van der Waals surface area contributed by atoms with Crippen LogP contribution in [0.1, 0.15) is 44.7 Å². The largest absolute Gasteiger partial charge is 0.493 e. The third-order valence-electron chi connectivity index (χ3n) is 5.78. The maximum absolute atomic E-state index is 13.7. The average molecular weight is 408 g/mol. The van der Waals surface area contributed by atoms with E-state index >= 15 is 0 Å². The molecule has 1 fully saturated rings. The molecule has 1 aliphatic heterocycles. The first-order valence-electron chi connectivity index (χ1n) is 10.6. The SMILES string of the molecule is COc1ccc(-n2ccc3cc(C(C)C)nc(N4CCCCC4)c3c2=O)cc1OC. The Kier molecular flexibility index (Phi) is 5.66. The molecule has 0 unspecified atom stereocenters. The number of fused-ring (bicyclic) bond motifs is 1. The van der Waals surface area contributed by atoms with Crippen LogP contribution in [0.5, 0.6) is 11.5 Å². The zero-order valence-electron chi connectivity index (χ0n) is 18.1. The average Bonchev–Trinajstić information content (AvgIpc) is 2.78. The molecule has 6 heteroatoms. The zero-order valence-corrected chi connectivity index (χ0v) is 18.1. The molecule has 0 radical (unpaired) electrons. The van der Waals surface area contributed by atoms with Gasteiger partial charge < -0.3 is 14.4 Å². The number of ether oxygens (including phenoxy) is 2. The summed E-state index contributed by atoms with van der Waals surface area (Å²) in [5, 5.41) is 1.62. The lowest BCUT2D eigenvalue weighted by Gasteiger charge is -2.29. The molecule has 30 heavy (non-hydrogen) atoms. The van der Waals surface area contributed by atoms with Gasteiger partial charge in [-0.15, -0.1) is 0 Å². The van der Waals surface area contributed by atoms with Crippen LogP contribution < -0.4 is 19.9 Å². The van der Waals surface area contributed by atoms with E-state index in [1.807, 2.05) is 36.5 Å². The molecule has 0 amide bonds. The van der Waals surface area contributed by atoms with Gasteiger partial charge in [0.05, 0.1) is 25.3 Å². The van der Waals surface area contributed by atoms with E-state index in [-0.39, 0.29) is 5.56 Å². The van der Waals surface area contributed by atoms with Crippen LogP contribution in [0.3, 0.4) is 0 Å². The molecule has 0 aliphatic carbocycles. The standard InChI is InChI=1S/C24H29N3O3/c1-16(2)19-14-17-10-13-27(18-8-9-20(29-3)21(15-18)30-4)24(28)22(17)23(25-19)26-11-6-5-7-12-26/h8-10,13-16H,5-7,11-12H2,1-4H3. The lowest BCUT2D eigenvalue weighted by molar-refractivity contribution is 0.355. The highest BCUT2D eigenvalue weighted by atomic mass is 16.5. The molecule has 1 saturated heterocycles. The monoisotopic (exact) mass is 407 g/mol. The zero-order chi connectivity index (χ0) is 21.3. The van der Waals surface area contributed by atoms with E-state index in [0.717, 1.165) is 48.5 Å². The number of rotatable bonds is 5. The fourth-order valence-electron chi connectivity index (χ4n) is 4.07. The molecule has 0 N–H and O–H groups in total. The van der Waals surface area contributed by atoms with Gasteiger partial charge in [0.15, 0.2) is 11.5 Å². The topological polar surface area (TPSA) is 56.6 Å². The number of methoxy groups -OCH3 is 2. The molecular formula is C24H29N3O3. The van der Waals surface area contributed by atoms with Gasteiger partial charge in [0.25, 0.3) is 5.56 Å². The predicted molar refractivity (Wildman–Crippen MR) is 121 cm³/mol. The Hall–Kier alpha value is -3.02. The van der Waals surface area contributed by atoms with Crippen molar-refractivity contribution in [3.63, 3.8) is 0 Å². The van der Waals surface area contributed by atoms with E-state index < -0.39 is 0 Å². The van der Waals surface area contributed by atoms with E-state index in [1.54, 1.807) is 18.8 Å². The van der Waals surface area contributed by atoms with Crippen LogP contribution in [0.4, 0.5) is 5.82 Å². The van der Waals surface area contributed by atoms with Crippen molar-refractivity contribution < 1.29 is 9.47 Å². The highest BCUT2D eigenvalue weighted by molar-refractivity contribution is 5.92. The van der Waals surface area contributed by atoms with Crippen molar-refractivity contribution in [3.8, 4) is 17.2 Å². The fraction of sp³-hybridized carbons (Fsp3) is 0.417. The molecule has 1 aliphatic rings. The molecule has 3 heterocycles. The van der Waals surface area contributed by atoms with E-state index in [1.165, 1.54) is 6.42 Å². The van der Waals surface area contributed by atoms with Gasteiger partial charge in [-0.1, -0.05) is 13.8 Å². The molecule has 6 nitrogen and oxygen atoms in total. The van der Waals surface area contributed by atoms with Crippen LogP contribution in [0.25, 0.3) is 16.5 Å². The number of hydrogen-bond donors (Lipinski definition) is 0. The van der Waals surface area contributed by atoms with E-state index in [2.05, 4.69) is 18.7 Å². The minimum atomic E-state index is -0.0666. The number of pyridine rings is 2. The van der Waals surface area contributed by atoms with Gasteiger partial charge in [-0.2, -0.15) is 0 Å². The quantitative estimate of drug-likeness (QED) is 0.623. The van der Waals surface area contributed by atoms with Crippen LogP contribution in [0.15, 0.2) is 41.3 Å². The summed E-state index contributed by atoms with van der Waals surface area (Å²) in [6, 6.07) is 9.56. The summed E-state index contributed by atoms with van der Waals surface area (Å²) in [4.78, 5) is 20.9. The summed E-state index contributed by atoms with van der Waals surface area (Å²) in [5.41, 5.74) is 1.69. The third-order valence-corrected chi connectivity index (χ3v) is 5.78. The molecule has 4 rings (SSSR count). The molecule has 1 aromatic carbocycles. The Labute approximate surface area is 177 Å². The maximum Gasteiger partial charge on any atom is 0.266 e. The second-order valence-corrected chi connectivity index (χ2v) is 8.07. The molecule has 0 bridgehead atoms. The number of anilines is 1. The van der Waals surface area contributed by atoms with Gasteiger partial charge in [-0.3, -0.25) is 9.36 Å².